The number of rotatable bonds is 2. The van der Waals surface area contributed by atoms with E-state index in [2.05, 4.69) is 0 Å². The van der Waals surface area contributed by atoms with Gasteiger partial charge in [0.05, 0.1) is 0 Å². The molecule has 1 rings (SSSR count). The molecule has 3 nitrogen and oxygen atoms in total. The molecular formula is C12H20N2O. The zero-order chi connectivity index (χ0) is 11.4. The highest BCUT2D eigenvalue weighted by atomic mass is 16.1. The molecule has 1 fully saturated rings. The summed E-state index contributed by atoms with van der Waals surface area (Å²) in [7, 11) is 7.79. The maximum absolute atomic E-state index is 12.0. The molecule has 1 aliphatic carbocycles. The van der Waals surface area contributed by atoms with Crippen LogP contribution >= 0.6 is 0 Å². The first-order chi connectivity index (χ1) is 7.00. The molecule has 1 saturated carbocycles. The van der Waals surface area contributed by atoms with Crippen LogP contribution in [0.15, 0.2) is 23.5 Å². The van der Waals surface area contributed by atoms with Crippen LogP contribution in [0.1, 0.15) is 19.3 Å². The molecular weight excluding hydrogens is 188 g/mol. The summed E-state index contributed by atoms with van der Waals surface area (Å²) in [5.41, 5.74) is 1.86. The van der Waals surface area contributed by atoms with Crippen molar-refractivity contribution in [3.63, 3.8) is 0 Å². The molecule has 1 aliphatic rings. The lowest BCUT2D eigenvalue weighted by Gasteiger charge is -2.19. The zero-order valence-corrected chi connectivity index (χ0v) is 10.1. The second-order valence-corrected chi connectivity index (χ2v) is 4.42. The van der Waals surface area contributed by atoms with E-state index in [0.717, 1.165) is 30.4 Å². The minimum atomic E-state index is 0.212. The Balaban J connectivity index is 2.85. The van der Waals surface area contributed by atoms with E-state index in [9.17, 15) is 4.79 Å². The van der Waals surface area contributed by atoms with E-state index in [1.807, 2.05) is 50.4 Å². The highest BCUT2D eigenvalue weighted by Crippen LogP contribution is 2.24. The minimum Gasteiger partial charge on any atom is -0.383 e. The fourth-order valence-corrected chi connectivity index (χ4v) is 1.77. The summed E-state index contributed by atoms with van der Waals surface area (Å²) < 4.78 is 0. The molecule has 0 aromatic rings. The van der Waals surface area contributed by atoms with Gasteiger partial charge in [0, 0.05) is 51.7 Å². The molecule has 0 aromatic heterocycles. The monoisotopic (exact) mass is 208 g/mol. The van der Waals surface area contributed by atoms with Crippen LogP contribution in [0, 0.1) is 0 Å². The second kappa shape index (κ2) is 5.01. The van der Waals surface area contributed by atoms with Crippen LogP contribution in [0.2, 0.25) is 0 Å². The molecule has 0 atom stereocenters. The molecule has 0 aromatic carbocycles. The number of allylic oxidation sites excluding steroid dienone is 2. The number of Topliss-reactive ketones (excluding diaryl/α,β-unsaturated/α-hetero) is 1. The van der Waals surface area contributed by atoms with Crippen molar-refractivity contribution >= 4 is 5.78 Å². The van der Waals surface area contributed by atoms with Gasteiger partial charge in [0.1, 0.15) is 0 Å². The van der Waals surface area contributed by atoms with E-state index >= 15 is 0 Å². The summed E-state index contributed by atoms with van der Waals surface area (Å²) in [6, 6.07) is 0. The smallest absolute Gasteiger partial charge is 0.187 e. The van der Waals surface area contributed by atoms with Crippen LogP contribution in [0.5, 0.6) is 0 Å². The van der Waals surface area contributed by atoms with Crippen molar-refractivity contribution in [2.45, 2.75) is 19.3 Å². The van der Waals surface area contributed by atoms with Crippen molar-refractivity contribution in [3.8, 4) is 0 Å². The lowest BCUT2D eigenvalue weighted by Crippen LogP contribution is -2.18. The van der Waals surface area contributed by atoms with Gasteiger partial charge in [0.2, 0.25) is 0 Å². The van der Waals surface area contributed by atoms with Gasteiger partial charge in [-0.3, -0.25) is 4.79 Å². The van der Waals surface area contributed by atoms with E-state index < -0.39 is 0 Å². The topological polar surface area (TPSA) is 23.6 Å². The molecule has 0 amide bonds. The predicted molar refractivity (Wildman–Crippen MR) is 62.4 cm³/mol. The van der Waals surface area contributed by atoms with Gasteiger partial charge in [-0.15, -0.1) is 0 Å². The standard InChI is InChI=1S/C12H20N2O/c1-13(2)8-10-6-5-7-11(12(10)15)9-14(3)4/h8-9H,5-7H2,1-4H3/b10-8-,11-9+. The number of carbonyl (C=O) groups excluding carboxylic acids is 1. The Morgan fingerprint density at radius 2 is 1.33 bits per heavy atom. The zero-order valence-electron chi connectivity index (χ0n) is 10.1. The number of hydrogen-bond donors (Lipinski definition) is 0. The molecule has 0 bridgehead atoms. The van der Waals surface area contributed by atoms with Gasteiger partial charge >= 0.3 is 0 Å². The van der Waals surface area contributed by atoms with Crippen LogP contribution in [-0.2, 0) is 4.79 Å². The fourth-order valence-electron chi connectivity index (χ4n) is 1.77. The van der Waals surface area contributed by atoms with E-state index in [1.165, 1.54) is 0 Å². The summed E-state index contributed by atoms with van der Waals surface area (Å²) >= 11 is 0. The fraction of sp³-hybridized carbons (Fsp3) is 0.583. The summed E-state index contributed by atoms with van der Waals surface area (Å²) in [6.45, 7) is 0. The number of ketones is 1. The van der Waals surface area contributed by atoms with Crippen LogP contribution < -0.4 is 0 Å². The Hall–Kier alpha value is -1.25. The van der Waals surface area contributed by atoms with Crippen LogP contribution in [-0.4, -0.2) is 43.8 Å². The first-order valence-corrected chi connectivity index (χ1v) is 5.29. The minimum absolute atomic E-state index is 0.212. The molecule has 0 unspecified atom stereocenters. The van der Waals surface area contributed by atoms with Crippen molar-refractivity contribution in [1.82, 2.24) is 9.80 Å². The highest BCUT2D eigenvalue weighted by molar-refractivity contribution is 6.08. The quantitative estimate of drug-likeness (QED) is 0.644. The van der Waals surface area contributed by atoms with Crippen LogP contribution in [0.4, 0.5) is 0 Å². The summed E-state index contributed by atoms with van der Waals surface area (Å²) in [4.78, 5) is 15.9. The van der Waals surface area contributed by atoms with Gasteiger partial charge in [0.15, 0.2) is 5.78 Å². The highest BCUT2D eigenvalue weighted by Gasteiger charge is 2.20. The van der Waals surface area contributed by atoms with Crippen LogP contribution in [0.25, 0.3) is 0 Å². The van der Waals surface area contributed by atoms with Gasteiger partial charge in [-0.05, 0) is 19.3 Å². The van der Waals surface area contributed by atoms with Gasteiger partial charge in [0.25, 0.3) is 0 Å². The largest absolute Gasteiger partial charge is 0.383 e. The van der Waals surface area contributed by atoms with Crippen molar-refractivity contribution in [2.24, 2.45) is 0 Å². The summed E-state index contributed by atoms with van der Waals surface area (Å²) in [6.07, 6.45) is 6.75. The normalized spacial score (nSPS) is 22.3. The molecule has 0 saturated heterocycles. The average Bonchev–Trinajstić information content (AvgIpc) is 2.10. The first-order valence-electron chi connectivity index (χ1n) is 5.29. The van der Waals surface area contributed by atoms with Crippen LogP contribution in [0.3, 0.4) is 0 Å². The molecule has 0 radical (unpaired) electrons. The number of hydrogen-bond acceptors (Lipinski definition) is 3. The van der Waals surface area contributed by atoms with Crippen molar-refractivity contribution in [2.75, 3.05) is 28.2 Å². The Labute approximate surface area is 92.0 Å². The Morgan fingerprint density at radius 3 is 1.67 bits per heavy atom. The lowest BCUT2D eigenvalue weighted by molar-refractivity contribution is -0.113. The second-order valence-electron chi connectivity index (χ2n) is 4.42. The lowest BCUT2D eigenvalue weighted by atomic mass is 9.90. The van der Waals surface area contributed by atoms with Crippen molar-refractivity contribution in [1.29, 1.82) is 0 Å². The first kappa shape index (κ1) is 11.8. The van der Waals surface area contributed by atoms with E-state index in [0.29, 0.717) is 0 Å². The summed E-state index contributed by atoms with van der Waals surface area (Å²) in [5, 5.41) is 0. The third-order valence-corrected chi connectivity index (χ3v) is 2.30. The molecule has 0 heterocycles. The molecule has 15 heavy (non-hydrogen) atoms. The van der Waals surface area contributed by atoms with Gasteiger partial charge < -0.3 is 9.80 Å². The average molecular weight is 208 g/mol. The molecule has 3 heteroatoms. The molecule has 0 N–H and O–H groups in total. The number of nitrogens with zero attached hydrogens (tertiary/aromatic N) is 2. The van der Waals surface area contributed by atoms with E-state index in [-0.39, 0.29) is 5.78 Å². The predicted octanol–water partition coefficient (Wildman–Crippen LogP) is 1.63. The van der Waals surface area contributed by atoms with Gasteiger partial charge in [-0.1, -0.05) is 0 Å². The van der Waals surface area contributed by atoms with Gasteiger partial charge in [-0.25, -0.2) is 0 Å². The van der Waals surface area contributed by atoms with Gasteiger partial charge in [-0.2, -0.15) is 0 Å². The van der Waals surface area contributed by atoms with E-state index in [1.54, 1.807) is 0 Å². The Bertz CT molecular complexity index is 273. The maximum atomic E-state index is 12.0. The SMILES string of the molecule is CN(C)/C=C1/CCC/C(=C\N(C)C)C1=O. The molecule has 0 spiro atoms. The number of carbonyl (C=O) groups is 1. The summed E-state index contributed by atoms with van der Waals surface area (Å²) in [5.74, 6) is 0.212. The third kappa shape index (κ3) is 3.42. The maximum Gasteiger partial charge on any atom is 0.187 e. The third-order valence-electron chi connectivity index (χ3n) is 2.30. The van der Waals surface area contributed by atoms with Crippen molar-refractivity contribution in [3.05, 3.63) is 23.5 Å². The molecule has 84 valence electrons. The van der Waals surface area contributed by atoms with Crippen molar-refractivity contribution < 1.29 is 4.79 Å². The Kier molecular flexibility index (Phi) is 3.95. The molecule has 0 aliphatic heterocycles. The Morgan fingerprint density at radius 1 is 0.933 bits per heavy atom. The van der Waals surface area contributed by atoms with E-state index in [4.69, 9.17) is 0 Å².